The summed E-state index contributed by atoms with van der Waals surface area (Å²) in [5.74, 6) is -0.782. The van der Waals surface area contributed by atoms with Crippen molar-refractivity contribution in [3.05, 3.63) is 161 Å². The largest absolute Gasteiger partial charge is 0.459 e. The first-order valence-electron chi connectivity index (χ1n) is 24.1. The molecule has 1 heterocycles. The van der Waals surface area contributed by atoms with Crippen molar-refractivity contribution in [1.29, 1.82) is 0 Å². The zero-order valence-corrected chi connectivity index (χ0v) is 39.2. The number of hydrogen-bond acceptors (Lipinski definition) is 13. The topological polar surface area (TPSA) is 192 Å². The number of amides is 1. The molecule has 1 fully saturated rings. The van der Waals surface area contributed by atoms with Crippen molar-refractivity contribution in [3.63, 3.8) is 0 Å². The number of allylic oxidation sites excluding steroid dienone is 1. The second-order valence-electron chi connectivity index (χ2n) is 17.8. The molecule has 0 saturated heterocycles. The number of aliphatic hydroxyl groups is 3. The van der Waals surface area contributed by atoms with Crippen molar-refractivity contribution in [2.45, 2.75) is 69.3 Å². The van der Waals surface area contributed by atoms with Gasteiger partial charge >= 0.3 is 6.09 Å². The van der Waals surface area contributed by atoms with Gasteiger partial charge in [0.2, 0.25) is 5.79 Å². The number of nitro benzene ring substituents is 1. The van der Waals surface area contributed by atoms with Gasteiger partial charge in [0.15, 0.2) is 0 Å². The average molecular weight is 956 g/mol. The lowest BCUT2D eigenvalue weighted by Crippen LogP contribution is -2.70. The number of carbonyl (C=O) groups excluding carboxylic acids is 1. The number of rotatable bonds is 24. The Morgan fingerprint density at radius 2 is 1.56 bits per heavy atom. The Kier molecular flexibility index (Phi) is 16.9. The van der Waals surface area contributed by atoms with E-state index < -0.39 is 28.8 Å². The van der Waals surface area contributed by atoms with E-state index in [4.69, 9.17) is 33.7 Å². The summed E-state index contributed by atoms with van der Waals surface area (Å²) in [6.45, 7) is 4.07. The Hall–Kier alpha value is -6.62. The number of fused-ring (bicyclic) bond motifs is 3. The molecule has 70 heavy (non-hydrogen) atoms. The minimum Gasteiger partial charge on any atom is -0.459 e. The van der Waals surface area contributed by atoms with Gasteiger partial charge in [0.25, 0.3) is 5.69 Å². The zero-order chi connectivity index (χ0) is 48.9. The first kappa shape index (κ1) is 49.8. The number of benzene rings is 5. The number of ether oxygens (including phenoxy) is 5. The van der Waals surface area contributed by atoms with Crippen LogP contribution in [-0.4, -0.2) is 95.0 Å². The third-order valence-electron chi connectivity index (χ3n) is 13.4. The number of carbonyl (C=O) groups is 1. The molecular formula is C55H61N3O12. The van der Waals surface area contributed by atoms with Crippen LogP contribution in [0, 0.1) is 27.9 Å². The van der Waals surface area contributed by atoms with Gasteiger partial charge in [-0.25, -0.2) is 4.79 Å². The van der Waals surface area contributed by atoms with E-state index in [1.165, 1.54) is 29.2 Å². The Balaban J connectivity index is 1.31. The van der Waals surface area contributed by atoms with E-state index in [-0.39, 0.29) is 88.4 Å². The van der Waals surface area contributed by atoms with E-state index in [9.17, 15) is 30.2 Å². The molecule has 0 bridgehead atoms. The van der Waals surface area contributed by atoms with Gasteiger partial charge in [-0.1, -0.05) is 90.8 Å². The molecule has 1 aliphatic heterocycles. The van der Waals surface area contributed by atoms with Crippen molar-refractivity contribution in [3.8, 4) is 23.0 Å². The SMILES string of the molecule is C=CCO[C@@]12Oc3ccc(Oc4ccc5ccccc5c4)cc3[C@H]3[C@H](CCCCO)[C@@H](CCCCO)C=C(C(=NOCc4ccccc4)C[C@@H]1N(CCOCCO)C(=O)Oc1ccc([N+](=O)[O-])cc1)[C@H]32. The van der Waals surface area contributed by atoms with Crippen LogP contribution < -0.4 is 14.2 Å². The molecule has 0 radical (unpaired) electrons. The summed E-state index contributed by atoms with van der Waals surface area (Å²) in [7, 11) is 0. The molecular weight excluding hydrogens is 895 g/mol. The molecule has 1 amide bonds. The summed E-state index contributed by atoms with van der Waals surface area (Å²) in [6.07, 6.45) is 7.39. The molecule has 2 aliphatic carbocycles. The smallest absolute Gasteiger partial charge is 0.415 e. The monoisotopic (exact) mass is 955 g/mol. The summed E-state index contributed by atoms with van der Waals surface area (Å²) in [4.78, 5) is 33.6. The van der Waals surface area contributed by atoms with Crippen molar-refractivity contribution in [1.82, 2.24) is 4.90 Å². The van der Waals surface area contributed by atoms with Crippen LogP contribution in [0.25, 0.3) is 10.8 Å². The molecule has 8 rings (SSSR count). The summed E-state index contributed by atoms with van der Waals surface area (Å²) in [5.41, 5.74) is 3.05. The first-order chi connectivity index (χ1) is 34.3. The van der Waals surface area contributed by atoms with E-state index >= 15 is 0 Å². The quantitative estimate of drug-likeness (QED) is 0.0230. The third kappa shape index (κ3) is 11.4. The highest BCUT2D eigenvalue weighted by Gasteiger charge is 2.65. The highest BCUT2D eigenvalue weighted by atomic mass is 16.7. The maximum Gasteiger partial charge on any atom is 0.415 e. The fourth-order valence-electron chi connectivity index (χ4n) is 10.3. The summed E-state index contributed by atoms with van der Waals surface area (Å²) < 4.78 is 32.9. The predicted octanol–water partition coefficient (Wildman–Crippen LogP) is 9.88. The molecule has 368 valence electrons. The van der Waals surface area contributed by atoms with Gasteiger partial charge in [-0.15, -0.1) is 6.58 Å². The molecule has 15 heteroatoms. The highest BCUT2D eigenvalue weighted by molar-refractivity contribution is 6.03. The first-order valence-corrected chi connectivity index (χ1v) is 24.1. The van der Waals surface area contributed by atoms with Gasteiger partial charge in [0.05, 0.1) is 43.0 Å². The van der Waals surface area contributed by atoms with Crippen LogP contribution in [0.1, 0.15) is 62.0 Å². The molecule has 0 spiro atoms. The van der Waals surface area contributed by atoms with Gasteiger partial charge in [0.1, 0.15) is 35.6 Å². The summed E-state index contributed by atoms with van der Waals surface area (Å²) in [6, 6.07) is 33.8. The Morgan fingerprint density at radius 1 is 0.843 bits per heavy atom. The molecule has 3 N–H and O–H groups in total. The summed E-state index contributed by atoms with van der Waals surface area (Å²) in [5, 5.41) is 48.3. The van der Waals surface area contributed by atoms with Crippen LogP contribution in [-0.2, 0) is 20.9 Å². The Morgan fingerprint density at radius 3 is 2.30 bits per heavy atom. The predicted molar refractivity (Wildman–Crippen MR) is 264 cm³/mol. The number of nitro groups is 1. The van der Waals surface area contributed by atoms with Crippen LogP contribution in [0.15, 0.2) is 145 Å². The number of oxime groups is 1. The molecule has 15 nitrogen and oxygen atoms in total. The maximum atomic E-state index is 14.9. The minimum atomic E-state index is -1.62. The fourth-order valence-corrected chi connectivity index (χ4v) is 10.3. The van der Waals surface area contributed by atoms with E-state index in [0.717, 1.165) is 53.2 Å². The lowest BCUT2D eigenvalue weighted by atomic mass is 9.55. The zero-order valence-electron chi connectivity index (χ0n) is 39.2. The van der Waals surface area contributed by atoms with Crippen LogP contribution in [0.3, 0.4) is 0 Å². The van der Waals surface area contributed by atoms with Crippen LogP contribution in [0.5, 0.6) is 23.0 Å². The molecule has 0 aromatic heterocycles. The second kappa shape index (κ2) is 23.8. The van der Waals surface area contributed by atoms with Crippen LogP contribution in [0.2, 0.25) is 0 Å². The molecule has 5 aromatic rings. The van der Waals surface area contributed by atoms with Crippen molar-refractivity contribution in [2.75, 3.05) is 46.2 Å². The van der Waals surface area contributed by atoms with E-state index in [1.807, 2.05) is 84.9 Å². The van der Waals surface area contributed by atoms with Crippen LogP contribution >= 0.6 is 0 Å². The van der Waals surface area contributed by atoms with Crippen LogP contribution in [0.4, 0.5) is 10.5 Å². The van der Waals surface area contributed by atoms with E-state index in [2.05, 4.69) is 18.7 Å². The van der Waals surface area contributed by atoms with Gasteiger partial charge < -0.3 is 43.8 Å². The lowest BCUT2D eigenvalue weighted by molar-refractivity contribution is -0.384. The average Bonchev–Trinajstić information content (AvgIpc) is 3.37. The van der Waals surface area contributed by atoms with Gasteiger partial charge in [-0.05, 0) is 102 Å². The van der Waals surface area contributed by atoms with Gasteiger partial charge in [-0.2, -0.15) is 0 Å². The Bertz CT molecular complexity index is 2620. The van der Waals surface area contributed by atoms with Gasteiger partial charge in [-0.3, -0.25) is 15.0 Å². The Labute approximate surface area is 407 Å². The molecule has 1 saturated carbocycles. The van der Waals surface area contributed by atoms with Gasteiger partial charge in [0, 0.05) is 49.8 Å². The molecule has 5 aromatic carbocycles. The number of aliphatic hydroxyl groups excluding tert-OH is 3. The minimum absolute atomic E-state index is 0.000505. The van der Waals surface area contributed by atoms with Crippen molar-refractivity contribution in [2.24, 2.45) is 22.9 Å². The van der Waals surface area contributed by atoms with E-state index in [1.54, 1.807) is 6.08 Å². The second-order valence-corrected chi connectivity index (χ2v) is 17.8. The number of unbranched alkanes of at least 4 members (excludes halogenated alkanes) is 2. The summed E-state index contributed by atoms with van der Waals surface area (Å²) >= 11 is 0. The van der Waals surface area contributed by atoms with Crippen molar-refractivity contribution < 1.29 is 53.6 Å². The van der Waals surface area contributed by atoms with Crippen molar-refractivity contribution >= 4 is 28.3 Å². The molecule has 6 atom stereocenters. The highest BCUT2D eigenvalue weighted by Crippen LogP contribution is 2.62. The number of hydrogen-bond donors (Lipinski definition) is 3. The lowest BCUT2D eigenvalue weighted by Gasteiger charge is -2.59. The molecule has 0 unspecified atom stereocenters. The fraction of sp³-hybridized carbons (Fsp3) is 0.382. The normalized spacial score (nSPS) is 21.7. The maximum absolute atomic E-state index is 14.9. The molecule has 3 aliphatic rings. The standard InChI is InChI=1S/C55H61N3O12/c1-2-30-66-55-51(57(26-31-65-32-29-61)54(62)69-43-22-19-42(20-23-43)58(63)64)36-49(56-67-37-38-12-4-3-5-13-38)47-34-41(16-8-10-27-59)46(17-9-11-28-60)52(53(47)55)48-35-45(24-25-50(48)70-55)68-44-21-18-39-14-6-7-15-40(39)33-44/h2-7,12-15,18-25,33-35,41,46,51-53,59-61H,1,8-11,16-17,26-32,36-37H2/t41-,46+,51-,52+,53+,55+/m0/s1. The number of non-ortho nitro benzene ring substituents is 1. The van der Waals surface area contributed by atoms with E-state index in [0.29, 0.717) is 35.8 Å². The number of nitrogens with zero attached hydrogens (tertiary/aromatic N) is 3. The third-order valence-corrected chi connectivity index (χ3v) is 13.4.